The van der Waals surface area contributed by atoms with E-state index in [4.69, 9.17) is 0 Å². The smallest absolute Gasteiger partial charge is 0.251 e. The van der Waals surface area contributed by atoms with Crippen LogP contribution in [0.1, 0.15) is 48.8 Å². The second-order valence-electron chi connectivity index (χ2n) is 14.9. The van der Waals surface area contributed by atoms with Gasteiger partial charge in [0, 0.05) is 70.0 Å². The van der Waals surface area contributed by atoms with Gasteiger partial charge in [0.25, 0.3) is 5.91 Å². The number of anilines is 1. The molecule has 15 heteroatoms. The Bertz CT molecular complexity index is 1710. The minimum Gasteiger partial charge on any atom is -0.391 e. The maximum atomic E-state index is 13.9. The highest BCUT2D eigenvalue weighted by atomic mass is 35.5. The summed E-state index contributed by atoms with van der Waals surface area (Å²) in [7, 11) is 1.96. The van der Waals surface area contributed by atoms with E-state index in [1.807, 2.05) is 76.7 Å². The van der Waals surface area contributed by atoms with Crippen molar-refractivity contribution in [3.63, 3.8) is 0 Å². The lowest BCUT2D eigenvalue weighted by Gasteiger charge is -2.36. The second kappa shape index (κ2) is 19.5. The van der Waals surface area contributed by atoms with Crippen molar-refractivity contribution in [1.82, 2.24) is 36.1 Å². The number of hydrogen-bond acceptors (Lipinski definition) is 10. The Balaban J connectivity index is 0.00000650. The molecular weight excluding hydrogens is 728 g/mol. The van der Waals surface area contributed by atoms with Crippen molar-refractivity contribution in [2.75, 3.05) is 70.9 Å². The Morgan fingerprint density at radius 3 is 2.26 bits per heavy atom. The fraction of sp³-hybridized carbons (Fsp3) is 0.513. The van der Waals surface area contributed by atoms with Crippen molar-refractivity contribution >= 4 is 53.1 Å². The van der Waals surface area contributed by atoms with Gasteiger partial charge in [0.1, 0.15) is 12.1 Å². The van der Waals surface area contributed by atoms with Crippen molar-refractivity contribution in [2.45, 2.75) is 58.7 Å². The molecule has 0 spiro atoms. The maximum absolute atomic E-state index is 13.9. The van der Waals surface area contributed by atoms with Crippen LogP contribution in [0.5, 0.6) is 0 Å². The number of aliphatic hydroxyl groups excluding tert-OH is 1. The molecule has 3 aromatic rings. The molecule has 2 aromatic carbocycles. The van der Waals surface area contributed by atoms with Crippen molar-refractivity contribution in [2.24, 2.45) is 5.41 Å². The third kappa shape index (κ3) is 11.2. The molecular formula is C39H55ClN8O5S. The van der Waals surface area contributed by atoms with Gasteiger partial charge in [0.05, 0.1) is 28.7 Å². The van der Waals surface area contributed by atoms with Crippen LogP contribution in [0.4, 0.5) is 5.69 Å². The standard InChI is InChI=1S/C39H54N8O5S.ClH/c1-26-34(53-25-43-26)28-8-6-27(7-9-28)14-15-41-37(51)32-22-31(48)24-47(32)38(52)35(39(2,3)4)44-33(49)23-42-36(50)29-10-12-30(13-11-29)46-20-18-45(19-21-46)17-16-40-5;/h6-13,25,31-32,35,40,48H,14-24H2,1-5H3,(H,41,51)(H,42,50)(H,44,49);1H/t31-,32-,35+;/m0./s1. The summed E-state index contributed by atoms with van der Waals surface area (Å²) in [5.74, 6) is -1.73. The molecule has 5 N–H and O–H groups in total. The molecule has 4 amide bonds. The second-order valence-corrected chi connectivity index (χ2v) is 15.8. The van der Waals surface area contributed by atoms with Crippen molar-refractivity contribution < 1.29 is 24.3 Å². The van der Waals surface area contributed by atoms with Gasteiger partial charge in [-0.05, 0) is 61.2 Å². The predicted octanol–water partition coefficient (Wildman–Crippen LogP) is 2.46. The summed E-state index contributed by atoms with van der Waals surface area (Å²) in [5.41, 5.74) is 5.73. The van der Waals surface area contributed by atoms with Gasteiger partial charge in [-0.15, -0.1) is 23.7 Å². The van der Waals surface area contributed by atoms with E-state index in [-0.39, 0.29) is 37.8 Å². The van der Waals surface area contributed by atoms with Gasteiger partial charge in [-0.25, -0.2) is 4.98 Å². The first-order valence-electron chi connectivity index (χ1n) is 18.4. The first kappa shape index (κ1) is 42.7. The van der Waals surface area contributed by atoms with Gasteiger partial charge in [0.15, 0.2) is 0 Å². The van der Waals surface area contributed by atoms with Crippen LogP contribution in [0.2, 0.25) is 0 Å². The third-order valence-electron chi connectivity index (χ3n) is 9.91. The van der Waals surface area contributed by atoms with Crippen molar-refractivity contribution in [3.8, 4) is 10.4 Å². The Hall–Kier alpha value is -4.08. The number of aliphatic hydroxyl groups is 1. The molecule has 54 heavy (non-hydrogen) atoms. The van der Waals surface area contributed by atoms with Crippen LogP contribution in [0.3, 0.4) is 0 Å². The predicted molar refractivity (Wildman–Crippen MR) is 215 cm³/mol. The molecule has 13 nitrogen and oxygen atoms in total. The average molecular weight is 783 g/mol. The van der Waals surface area contributed by atoms with Gasteiger partial charge in [-0.2, -0.15) is 0 Å². The molecule has 294 valence electrons. The number of carbonyl (C=O) groups is 4. The van der Waals surface area contributed by atoms with E-state index < -0.39 is 41.3 Å². The Morgan fingerprint density at radius 2 is 1.65 bits per heavy atom. The number of carbonyl (C=O) groups excluding carboxylic acids is 4. The largest absolute Gasteiger partial charge is 0.391 e. The molecule has 2 aliphatic rings. The van der Waals surface area contributed by atoms with Crippen LogP contribution >= 0.6 is 23.7 Å². The SMILES string of the molecule is CNCCN1CCN(c2ccc(C(=O)NCC(=O)N[C@H](C(=O)N3C[C@@H](O)C[C@H]3C(=O)NCCc3ccc(-c4scnc4C)cc3)C(C)(C)C)cc2)CC1.Cl. The number of likely N-dealkylation sites (N-methyl/N-ethyl adjacent to an activating group) is 1. The lowest BCUT2D eigenvalue weighted by molar-refractivity contribution is -0.143. The number of halogens is 1. The van der Waals surface area contributed by atoms with E-state index in [0.717, 1.165) is 66.7 Å². The summed E-state index contributed by atoms with van der Waals surface area (Å²) in [5, 5.41) is 22.1. The van der Waals surface area contributed by atoms with Crippen LogP contribution < -0.4 is 26.2 Å². The lowest BCUT2D eigenvalue weighted by atomic mass is 9.85. The Morgan fingerprint density at radius 1 is 0.963 bits per heavy atom. The zero-order valence-corrected chi connectivity index (χ0v) is 33.5. The van der Waals surface area contributed by atoms with Gasteiger partial charge in [-0.3, -0.25) is 24.1 Å². The lowest BCUT2D eigenvalue weighted by Crippen LogP contribution is -2.58. The fourth-order valence-electron chi connectivity index (χ4n) is 6.77. The molecule has 5 rings (SSSR count). The number of β-amino-alcohol motifs (C(OH)–C–C–N with tert-alkyl or cyclic N) is 1. The molecule has 3 atom stereocenters. The van der Waals surface area contributed by atoms with Crippen LogP contribution in [-0.4, -0.2) is 128 Å². The first-order chi connectivity index (χ1) is 25.3. The van der Waals surface area contributed by atoms with Crippen LogP contribution in [0, 0.1) is 12.3 Å². The molecule has 0 saturated carbocycles. The summed E-state index contributed by atoms with van der Waals surface area (Å²) >= 11 is 1.60. The number of nitrogens with one attached hydrogen (secondary N) is 4. The summed E-state index contributed by atoms with van der Waals surface area (Å²) < 4.78 is 0. The molecule has 2 saturated heterocycles. The molecule has 2 aliphatic heterocycles. The third-order valence-corrected chi connectivity index (χ3v) is 10.9. The number of hydrogen-bond donors (Lipinski definition) is 5. The molecule has 1 aromatic heterocycles. The topological polar surface area (TPSA) is 159 Å². The normalized spacial score (nSPS) is 18.1. The first-order valence-corrected chi connectivity index (χ1v) is 19.3. The maximum Gasteiger partial charge on any atom is 0.251 e. The minimum absolute atomic E-state index is 0. The molecule has 3 heterocycles. The van der Waals surface area contributed by atoms with Gasteiger partial charge < -0.3 is 36.2 Å². The number of aromatic nitrogens is 1. The van der Waals surface area contributed by atoms with Gasteiger partial charge in [0.2, 0.25) is 17.7 Å². The summed E-state index contributed by atoms with van der Waals surface area (Å²) in [4.78, 5) is 64.9. The summed E-state index contributed by atoms with van der Waals surface area (Å²) in [6.07, 6.45) is -0.165. The number of nitrogens with zero attached hydrogens (tertiary/aromatic N) is 4. The van der Waals surface area contributed by atoms with Gasteiger partial charge >= 0.3 is 0 Å². The van der Waals surface area contributed by atoms with E-state index in [0.29, 0.717) is 18.5 Å². The highest BCUT2D eigenvalue weighted by Crippen LogP contribution is 2.28. The summed E-state index contributed by atoms with van der Waals surface area (Å²) in [6, 6.07) is 13.6. The average Bonchev–Trinajstić information content (AvgIpc) is 3.77. The van der Waals surface area contributed by atoms with Crippen molar-refractivity contribution in [3.05, 3.63) is 70.9 Å². The monoisotopic (exact) mass is 782 g/mol. The van der Waals surface area contributed by atoms with Crippen molar-refractivity contribution in [1.29, 1.82) is 0 Å². The number of aryl methyl sites for hydroxylation is 1. The number of rotatable bonds is 14. The van der Waals surface area contributed by atoms with Gasteiger partial charge in [-0.1, -0.05) is 45.0 Å². The fourth-order valence-corrected chi connectivity index (χ4v) is 7.58. The van der Waals surface area contributed by atoms with E-state index in [1.54, 1.807) is 23.5 Å². The quantitative estimate of drug-likeness (QED) is 0.166. The zero-order chi connectivity index (χ0) is 38.1. The number of likely N-dealkylation sites (tertiary alicyclic amines) is 1. The van der Waals surface area contributed by atoms with Crippen LogP contribution in [0.25, 0.3) is 10.4 Å². The van der Waals surface area contributed by atoms with Crippen LogP contribution in [-0.2, 0) is 20.8 Å². The Labute approximate surface area is 328 Å². The minimum atomic E-state index is -0.994. The van der Waals surface area contributed by atoms with E-state index >= 15 is 0 Å². The summed E-state index contributed by atoms with van der Waals surface area (Å²) in [6.45, 7) is 13.2. The van der Waals surface area contributed by atoms with E-state index in [9.17, 15) is 24.3 Å². The van der Waals surface area contributed by atoms with E-state index in [2.05, 4.69) is 36.1 Å². The number of piperazine rings is 1. The molecule has 0 unspecified atom stereocenters. The van der Waals surface area contributed by atoms with E-state index in [1.165, 1.54) is 4.90 Å². The number of thiazole rings is 1. The molecule has 0 radical (unpaired) electrons. The molecule has 0 bridgehead atoms. The molecule has 2 fully saturated rings. The highest BCUT2D eigenvalue weighted by Gasteiger charge is 2.44. The van der Waals surface area contributed by atoms with Crippen LogP contribution in [0.15, 0.2) is 54.0 Å². The highest BCUT2D eigenvalue weighted by molar-refractivity contribution is 7.13. The number of amides is 4. The zero-order valence-electron chi connectivity index (χ0n) is 31.9. The number of benzene rings is 2. The molecule has 0 aliphatic carbocycles. The Kier molecular flexibility index (Phi) is 15.4.